The zero-order chi connectivity index (χ0) is 7.49. The second-order valence-corrected chi connectivity index (χ2v) is 3.76. The van der Waals surface area contributed by atoms with Crippen LogP contribution in [-0.4, -0.2) is 21.6 Å². The zero-order valence-electron chi connectivity index (χ0n) is 4.89. The fourth-order valence-corrected chi connectivity index (χ4v) is 0.815. The number of phosphoric ester groups is 1. The highest BCUT2D eigenvalue weighted by atomic mass is 32.1. The number of hydrogen-bond acceptors (Lipinski definition) is 3. The van der Waals surface area contributed by atoms with Crippen molar-refractivity contribution < 1.29 is 18.9 Å². The van der Waals surface area contributed by atoms with Crippen LogP contribution < -0.4 is 0 Å². The SMILES string of the molecule is CC(S)COP(=O)(O)O. The molecule has 0 aromatic rings. The Hall–Kier alpha value is 0.460. The predicted molar refractivity (Wildman–Crippen MR) is 36.4 cm³/mol. The molecule has 0 aliphatic rings. The van der Waals surface area contributed by atoms with E-state index in [0.29, 0.717) is 0 Å². The average Bonchev–Trinajstić information content (AvgIpc) is 1.59. The Labute approximate surface area is 58.9 Å². The molecule has 0 amide bonds. The number of rotatable bonds is 3. The van der Waals surface area contributed by atoms with E-state index in [-0.39, 0.29) is 11.9 Å². The Morgan fingerprint density at radius 1 is 1.78 bits per heavy atom. The molecule has 4 nitrogen and oxygen atoms in total. The topological polar surface area (TPSA) is 66.8 Å². The molecule has 0 heterocycles. The molecular weight excluding hydrogens is 163 g/mol. The van der Waals surface area contributed by atoms with E-state index in [1.807, 2.05) is 0 Å². The summed E-state index contributed by atoms with van der Waals surface area (Å²) in [7, 11) is -4.27. The lowest BCUT2D eigenvalue weighted by atomic mass is 10.5. The molecule has 0 fully saturated rings. The summed E-state index contributed by atoms with van der Waals surface area (Å²) < 4.78 is 14.1. The van der Waals surface area contributed by atoms with Gasteiger partial charge in [0.1, 0.15) is 0 Å². The van der Waals surface area contributed by atoms with Gasteiger partial charge in [-0.3, -0.25) is 4.52 Å². The van der Waals surface area contributed by atoms with Crippen molar-refractivity contribution >= 4 is 20.5 Å². The minimum absolute atomic E-state index is 0.0343. The maximum atomic E-state index is 9.97. The van der Waals surface area contributed by atoms with Crippen molar-refractivity contribution in [3.8, 4) is 0 Å². The van der Waals surface area contributed by atoms with Crippen LogP contribution in [0.25, 0.3) is 0 Å². The fourth-order valence-electron chi connectivity index (χ4n) is 0.205. The summed E-state index contributed by atoms with van der Waals surface area (Å²) in [5.74, 6) is 0. The Kier molecular flexibility index (Phi) is 3.77. The minimum atomic E-state index is -4.27. The molecule has 0 rings (SSSR count). The number of thiol groups is 1. The summed E-state index contributed by atoms with van der Waals surface area (Å²) in [5, 5.41) is -0.155. The third kappa shape index (κ3) is 8.46. The van der Waals surface area contributed by atoms with Crippen molar-refractivity contribution in [2.45, 2.75) is 12.2 Å². The van der Waals surface area contributed by atoms with E-state index in [2.05, 4.69) is 17.2 Å². The molecule has 56 valence electrons. The summed E-state index contributed by atoms with van der Waals surface area (Å²) in [6.45, 7) is 1.64. The minimum Gasteiger partial charge on any atom is -0.303 e. The third-order valence-corrected chi connectivity index (χ3v) is 1.12. The summed E-state index contributed by atoms with van der Waals surface area (Å²) in [4.78, 5) is 16.2. The normalized spacial score (nSPS) is 15.6. The van der Waals surface area contributed by atoms with Gasteiger partial charge in [0.05, 0.1) is 6.61 Å². The van der Waals surface area contributed by atoms with E-state index in [4.69, 9.17) is 9.79 Å². The third-order valence-electron chi connectivity index (χ3n) is 0.484. The van der Waals surface area contributed by atoms with Crippen molar-refractivity contribution in [2.75, 3.05) is 6.61 Å². The van der Waals surface area contributed by atoms with Crippen LogP contribution in [0.4, 0.5) is 0 Å². The molecule has 9 heavy (non-hydrogen) atoms. The molecule has 1 unspecified atom stereocenters. The van der Waals surface area contributed by atoms with E-state index in [9.17, 15) is 4.57 Å². The van der Waals surface area contributed by atoms with Crippen LogP contribution in [0.2, 0.25) is 0 Å². The van der Waals surface area contributed by atoms with E-state index in [1.54, 1.807) is 6.92 Å². The molecule has 0 saturated carbocycles. The largest absolute Gasteiger partial charge is 0.469 e. The second-order valence-electron chi connectivity index (χ2n) is 1.64. The van der Waals surface area contributed by atoms with Crippen molar-refractivity contribution in [3.05, 3.63) is 0 Å². The Bertz CT molecular complexity index is 119. The summed E-state index contributed by atoms with van der Waals surface area (Å²) in [6.07, 6.45) is 0. The molecule has 0 saturated heterocycles. The van der Waals surface area contributed by atoms with Crippen molar-refractivity contribution in [1.29, 1.82) is 0 Å². The molecule has 6 heteroatoms. The van der Waals surface area contributed by atoms with Crippen molar-refractivity contribution in [2.24, 2.45) is 0 Å². The molecular formula is C3H9O4PS. The predicted octanol–water partition coefficient (Wildman–Crippen LogP) is 0.414. The first kappa shape index (κ1) is 9.46. The Morgan fingerprint density at radius 3 is 2.33 bits per heavy atom. The monoisotopic (exact) mass is 172 g/mol. The summed E-state index contributed by atoms with van der Waals surface area (Å²) >= 11 is 3.84. The quantitative estimate of drug-likeness (QED) is 0.426. The molecule has 1 atom stereocenters. The Balaban J connectivity index is 3.40. The molecule has 0 aliphatic carbocycles. The van der Waals surface area contributed by atoms with E-state index in [0.717, 1.165) is 0 Å². The highest BCUT2D eigenvalue weighted by Crippen LogP contribution is 2.35. The van der Waals surface area contributed by atoms with E-state index in [1.165, 1.54) is 0 Å². The van der Waals surface area contributed by atoms with Gasteiger partial charge in [0.15, 0.2) is 0 Å². The first-order valence-electron chi connectivity index (χ1n) is 2.30. The highest BCUT2D eigenvalue weighted by Gasteiger charge is 2.13. The summed E-state index contributed by atoms with van der Waals surface area (Å²) in [6, 6.07) is 0. The maximum Gasteiger partial charge on any atom is 0.469 e. The van der Waals surface area contributed by atoms with Gasteiger partial charge in [0, 0.05) is 5.25 Å². The lowest BCUT2D eigenvalue weighted by molar-refractivity contribution is 0.199. The van der Waals surface area contributed by atoms with E-state index >= 15 is 0 Å². The second kappa shape index (κ2) is 3.58. The van der Waals surface area contributed by atoms with Crippen molar-refractivity contribution in [3.63, 3.8) is 0 Å². The van der Waals surface area contributed by atoms with Gasteiger partial charge >= 0.3 is 7.82 Å². The first-order valence-corrected chi connectivity index (χ1v) is 4.34. The lowest BCUT2D eigenvalue weighted by Crippen LogP contribution is -2.02. The van der Waals surface area contributed by atoms with Gasteiger partial charge in [-0.2, -0.15) is 12.6 Å². The molecule has 0 aliphatic heterocycles. The van der Waals surface area contributed by atoms with Gasteiger partial charge in [-0.25, -0.2) is 4.57 Å². The lowest BCUT2D eigenvalue weighted by Gasteiger charge is -2.05. The van der Waals surface area contributed by atoms with Crippen molar-refractivity contribution in [1.82, 2.24) is 0 Å². The van der Waals surface area contributed by atoms with Crippen LogP contribution in [0.15, 0.2) is 0 Å². The molecule has 0 bridgehead atoms. The summed E-state index contributed by atoms with van der Waals surface area (Å²) in [5.41, 5.74) is 0. The number of hydrogen-bond donors (Lipinski definition) is 3. The van der Waals surface area contributed by atoms with Gasteiger partial charge < -0.3 is 9.79 Å². The standard InChI is InChI=1S/C3H9O4PS/c1-3(9)2-7-8(4,5)6/h3,9H,2H2,1H3,(H2,4,5,6). The Morgan fingerprint density at radius 2 is 2.22 bits per heavy atom. The van der Waals surface area contributed by atoms with Crippen LogP contribution in [0.1, 0.15) is 6.92 Å². The molecule has 0 aromatic heterocycles. The number of phosphoric acid groups is 1. The molecule has 2 N–H and O–H groups in total. The molecule has 0 spiro atoms. The van der Waals surface area contributed by atoms with E-state index < -0.39 is 7.82 Å². The maximum absolute atomic E-state index is 9.97. The van der Waals surface area contributed by atoms with Crippen LogP contribution in [-0.2, 0) is 9.09 Å². The van der Waals surface area contributed by atoms with Gasteiger partial charge in [-0.15, -0.1) is 0 Å². The van der Waals surface area contributed by atoms with Crippen LogP contribution in [0.3, 0.4) is 0 Å². The van der Waals surface area contributed by atoms with Gasteiger partial charge in [-0.1, -0.05) is 6.92 Å². The first-order chi connectivity index (χ1) is 3.92. The fraction of sp³-hybridized carbons (Fsp3) is 1.00. The molecule has 0 radical (unpaired) electrons. The molecule has 0 aromatic carbocycles. The van der Waals surface area contributed by atoms with Gasteiger partial charge in [-0.05, 0) is 0 Å². The van der Waals surface area contributed by atoms with Crippen LogP contribution >= 0.6 is 20.5 Å². The smallest absolute Gasteiger partial charge is 0.303 e. The zero-order valence-corrected chi connectivity index (χ0v) is 6.68. The van der Waals surface area contributed by atoms with Crippen LogP contribution in [0, 0.1) is 0 Å². The highest BCUT2D eigenvalue weighted by molar-refractivity contribution is 7.80. The van der Waals surface area contributed by atoms with Gasteiger partial charge in [0.25, 0.3) is 0 Å². The average molecular weight is 172 g/mol. The van der Waals surface area contributed by atoms with Crippen LogP contribution in [0.5, 0.6) is 0 Å². The van der Waals surface area contributed by atoms with Gasteiger partial charge in [0.2, 0.25) is 0 Å².